The molecule has 3 N–H and O–H groups in total. The monoisotopic (exact) mass is 539 g/mol. The Morgan fingerprint density at radius 1 is 1.26 bits per heavy atom. The van der Waals surface area contributed by atoms with E-state index in [1.165, 1.54) is 19.2 Å². The Morgan fingerprint density at radius 2 is 1.95 bits per heavy atom. The number of rotatable bonds is 9. The minimum absolute atomic E-state index is 0.0417. The van der Waals surface area contributed by atoms with E-state index in [2.05, 4.69) is 15.6 Å². The second kappa shape index (κ2) is 12.8. The highest BCUT2D eigenvalue weighted by Gasteiger charge is 2.46. The lowest BCUT2D eigenvalue weighted by molar-refractivity contribution is -0.145. The molecule has 0 spiro atoms. The number of benzene rings is 1. The van der Waals surface area contributed by atoms with Crippen LogP contribution in [0.15, 0.2) is 59.0 Å². The van der Waals surface area contributed by atoms with Gasteiger partial charge in [-0.25, -0.2) is 13.8 Å². The highest BCUT2D eigenvalue weighted by molar-refractivity contribution is 6.54. The molecule has 1 fully saturated rings. The number of halogens is 5. The molecule has 0 aliphatic carbocycles. The Bertz CT molecular complexity index is 1140. The van der Waals surface area contributed by atoms with Crippen LogP contribution in [0.1, 0.15) is 38.3 Å². The van der Waals surface area contributed by atoms with Gasteiger partial charge in [0.25, 0.3) is 11.8 Å². The molecule has 1 aliphatic rings. The molecule has 2 atom stereocenters. The van der Waals surface area contributed by atoms with Crippen LogP contribution in [0, 0.1) is 18.3 Å². The summed E-state index contributed by atoms with van der Waals surface area (Å²) in [7, 11) is 1.61. The molecule has 0 radical (unpaired) electrons. The molecule has 11 heteroatoms. The van der Waals surface area contributed by atoms with E-state index in [1.807, 2.05) is 13.0 Å². The number of aryl methyl sites for hydroxylation is 1. The Kier molecular flexibility index (Phi) is 10.4. The number of carbonyl (C=O) groups is 1. The fraction of sp³-hybridized carbons (Fsp3) is 0.444. The quantitative estimate of drug-likeness (QED) is 0.287. The van der Waals surface area contributed by atoms with Crippen LogP contribution in [0.25, 0.3) is 5.57 Å². The Labute approximate surface area is 219 Å². The van der Waals surface area contributed by atoms with Gasteiger partial charge in [-0.3, -0.25) is 10.2 Å². The minimum atomic E-state index is -4.57. The molecule has 38 heavy (non-hydrogen) atoms. The van der Waals surface area contributed by atoms with Crippen molar-refractivity contribution in [2.45, 2.75) is 52.3 Å². The van der Waals surface area contributed by atoms with Gasteiger partial charge in [-0.15, -0.1) is 0 Å². The summed E-state index contributed by atoms with van der Waals surface area (Å²) in [5, 5.41) is 14.3. The molecular weight excluding hydrogens is 505 g/mol. The first kappa shape index (κ1) is 30.7. The molecule has 2 rings (SSSR count). The third-order valence-electron chi connectivity index (χ3n) is 6.19. The van der Waals surface area contributed by atoms with Crippen LogP contribution in [-0.4, -0.2) is 61.0 Å². The zero-order chi connectivity index (χ0) is 28.7. The molecule has 6 nitrogen and oxygen atoms in total. The smallest absolute Gasteiger partial charge is 0.393 e. The van der Waals surface area contributed by atoms with Crippen molar-refractivity contribution in [3.63, 3.8) is 0 Å². The minimum Gasteiger partial charge on any atom is -0.393 e. The number of allylic oxidation sites excluding steroid dienone is 3. The van der Waals surface area contributed by atoms with E-state index in [9.17, 15) is 26.7 Å². The maximum Gasteiger partial charge on any atom is 0.417 e. The molecule has 1 aromatic carbocycles. The number of alkyl halides is 5. The average Bonchev–Trinajstić information content (AvgIpc) is 2.83. The van der Waals surface area contributed by atoms with Gasteiger partial charge in [-0.1, -0.05) is 42.8 Å². The number of likely N-dealkylation sites (tertiary alicyclic amines) is 1. The number of aliphatic imine (C=N–C) groups is 1. The molecule has 0 saturated carbocycles. The van der Waals surface area contributed by atoms with Crippen LogP contribution in [0.5, 0.6) is 0 Å². The molecule has 2 unspecified atom stereocenters. The Balaban J connectivity index is 2.32. The van der Waals surface area contributed by atoms with E-state index in [-0.39, 0.29) is 17.9 Å². The van der Waals surface area contributed by atoms with Crippen molar-refractivity contribution in [2.24, 2.45) is 10.9 Å². The maximum absolute atomic E-state index is 14.6. The second-order valence-electron chi connectivity index (χ2n) is 9.18. The molecule has 208 valence electrons. The molecular formula is C27H34F5N5O. The number of nitrogens with one attached hydrogen (secondary N) is 3. The van der Waals surface area contributed by atoms with E-state index in [1.54, 1.807) is 39.1 Å². The largest absolute Gasteiger partial charge is 0.417 e. The predicted octanol–water partition coefficient (Wildman–Crippen LogP) is 5.48. The molecule has 1 amide bonds. The van der Waals surface area contributed by atoms with Crippen molar-refractivity contribution in [3.8, 4) is 0 Å². The Hall–Kier alpha value is -3.50. The van der Waals surface area contributed by atoms with Crippen molar-refractivity contribution in [3.05, 3.63) is 65.1 Å². The fourth-order valence-electron chi connectivity index (χ4n) is 4.28. The van der Waals surface area contributed by atoms with Crippen LogP contribution in [0.2, 0.25) is 0 Å². The number of amides is 1. The van der Waals surface area contributed by atoms with Gasteiger partial charge in [0.2, 0.25) is 0 Å². The first-order valence-corrected chi connectivity index (χ1v) is 12.1. The number of hydrogen-bond donors (Lipinski definition) is 3. The summed E-state index contributed by atoms with van der Waals surface area (Å²) in [5.41, 5.74) is 0.344. The van der Waals surface area contributed by atoms with E-state index in [0.29, 0.717) is 11.8 Å². The van der Waals surface area contributed by atoms with Crippen LogP contribution in [0.4, 0.5) is 22.0 Å². The lowest BCUT2D eigenvalue weighted by Gasteiger charge is -2.43. The molecule has 1 heterocycles. The number of carbonyl (C=O) groups excluding carboxylic acids is 1. The normalized spacial score (nSPS) is 21.0. The first-order valence-electron chi connectivity index (χ1n) is 12.1. The van der Waals surface area contributed by atoms with E-state index in [4.69, 9.17) is 5.41 Å². The third-order valence-corrected chi connectivity index (χ3v) is 6.19. The van der Waals surface area contributed by atoms with Gasteiger partial charge in [0, 0.05) is 38.0 Å². The van der Waals surface area contributed by atoms with Crippen LogP contribution < -0.4 is 10.6 Å². The third kappa shape index (κ3) is 8.00. The Morgan fingerprint density at radius 3 is 2.50 bits per heavy atom. The molecule has 1 aromatic rings. The highest BCUT2D eigenvalue weighted by Crippen LogP contribution is 2.35. The zero-order valence-electron chi connectivity index (χ0n) is 22.1. The average molecular weight is 540 g/mol. The number of piperidine rings is 1. The van der Waals surface area contributed by atoms with Crippen molar-refractivity contribution >= 4 is 23.4 Å². The van der Waals surface area contributed by atoms with Crippen LogP contribution >= 0.6 is 0 Å². The summed E-state index contributed by atoms with van der Waals surface area (Å²) >= 11 is 0. The molecule has 1 saturated heterocycles. The SMILES string of the molecule is C\C=C(/N=C\C(=C/C)C(F)(F)F)NCC1C(C)CC(F)(F)CN1C(=O)C(=N)/C(=C\NC)c1cccc(C)c1. The van der Waals surface area contributed by atoms with Gasteiger partial charge < -0.3 is 15.5 Å². The standard InChI is InChI=1S/C27H34F5N5O/c1-6-20(27(30,31)32)13-35-23(7-2)36-15-22-18(4)12-26(28,29)16-37(22)25(38)24(33)21(14-34-5)19-10-8-9-17(3)11-19/h6-11,13-14,18,22,33-34,36H,12,15-16H2,1-5H3/b20-6+,21-14-,23-7+,33-24?,35-13-. The van der Waals surface area contributed by atoms with E-state index >= 15 is 0 Å². The predicted molar refractivity (Wildman–Crippen MR) is 140 cm³/mol. The molecule has 0 bridgehead atoms. The summed E-state index contributed by atoms with van der Waals surface area (Å²) < 4.78 is 68.2. The number of hydrogen-bond acceptors (Lipinski definition) is 5. The van der Waals surface area contributed by atoms with E-state index in [0.717, 1.165) is 16.5 Å². The lowest BCUT2D eigenvalue weighted by atomic mass is 9.87. The summed E-state index contributed by atoms with van der Waals surface area (Å²) in [4.78, 5) is 18.3. The van der Waals surface area contributed by atoms with E-state index < -0.39 is 54.2 Å². The lowest BCUT2D eigenvalue weighted by Crippen LogP contribution is -2.59. The van der Waals surface area contributed by atoms with Crippen molar-refractivity contribution < 1.29 is 26.7 Å². The van der Waals surface area contributed by atoms with Gasteiger partial charge in [-0.05, 0) is 38.3 Å². The topological polar surface area (TPSA) is 80.6 Å². The highest BCUT2D eigenvalue weighted by atomic mass is 19.4. The molecule has 1 aliphatic heterocycles. The fourth-order valence-corrected chi connectivity index (χ4v) is 4.28. The molecule has 0 aromatic heterocycles. The van der Waals surface area contributed by atoms with Crippen molar-refractivity contribution in [1.82, 2.24) is 15.5 Å². The summed E-state index contributed by atoms with van der Waals surface area (Å²) in [6, 6.07) is 6.38. The van der Waals surface area contributed by atoms with Gasteiger partial charge in [-0.2, -0.15) is 13.2 Å². The van der Waals surface area contributed by atoms with Gasteiger partial charge in [0.05, 0.1) is 18.2 Å². The van der Waals surface area contributed by atoms with Gasteiger partial charge in [0.1, 0.15) is 11.5 Å². The van der Waals surface area contributed by atoms with Crippen LogP contribution in [-0.2, 0) is 4.79 Å². The van der Waals surface area contributed by atoms with Crippen LogP contribution in [0.3, 0.4) is 0 Å². The summed E-state index contributed by atoms with van der Waals surface area (Å²) in [6.07, 6.45) is -0.560. The van der Waals surface area contributed by atoms with Crippen molar-refractivity contribution in [2.75, 3.05) is 20.1 Å². The maximum atomic E-state index is 14.6. The van der Waals surface area contributed by atoms with Gasteiger partial charge in [0.15, 0.2) is 0 Å². The summed E-state index contributed by atoms with van der Waals surface area (Å²) in [5.74, 6) is -4.60. The van der Waals surface area contributed by atoms with Crippen molar-refractivity contribution in [1.29, 1.82) is 5.41 Å². The first-order chi connectivity index (χ1) is 17.7. The second-order valence-corrected chi connectivity index (χ2v) is 9.18. The summed E-state index contributed by atoms with van der Waals surface area (Å²) in [6.45, 7) is 5.32. The zero-order valence-corrected chi connectivity index (χ0v) is 22.1. The number of nitrogens with zero attached hydrogens (tertiary/aromatic N) is 2. The van der Waals surface area contributed by atoms with Gasteiger partial charge >= 0.3 is 6.18 Å².